The number of Topliss-reactive ketones (excluding diaryl/α,β-unsaturated/α-hetero) is 2. The number of nitrogens with zero attached hydrogens (tertiary/aromatic N) is 1. The predicted octanol–water partition coefficient (Wildman–Crippen LogP) is 19.5. The van der Waals surface area contributed by atoms with Crippen LogP contribution in [-0.2, 0) is 0 Å². The van der Waals surface area contributed by atoms with Crippen molar-refractivity contribution in [1.82, 2.24) is 0 Å². The summed E-state index contributed by atoms with van der Waals surface area (Å²) in [5, 5.41) is 11.2. The van der Waals surface area contributed by atoms with Crippen LogP contribution in [0.3, 0.4) is 0 Å². The molecule has 1 unspecified atom stereocenters. The van der Waals surface area contributed by atoms with E-state index >= 15 is 0 Å². The van der Waals surface area contributed by atoms with Crippen LogP contribution in [0.5, 0.6) is 5.75 Å². The van der Waals surface area contributed by atoms with Crippen molar-refractivity contribution in [3.63, 3.8) is 0 Å². The summed E-state index contributed by atoms with van der Waals surface area (Å²) in [6, 6.07) is 7.73. The van der Waals surface area contributed by atoms with Crippen molar-refractivity contribution in [2.24, 2.45) is 0 Å². The predicted molar refractivity (Wildman–Crippen MR) is 254 cm³/mol. The van der Waals surface area contributed by atoms with Gasteiger partial charge in [0.25, 0.3) is 0 Å². The Morgan fingerprint density at radius 3 is 1.06 bits per heavy atom. The van der Waals surface area contributed by atoms with E-state index in [-0.39, 0.29) is 28.9 Å². The van der Waals surface area contributed by atoms with Crippen LogP contribution in [0.25, 0.3) is 0 Å². The number of benzene rings is 1. The average molecular weight is 920 g/mol. The second-order valence-electron chi connectivity index (χ2n) is 18.5. The number of phenolic OH excluding ortho intramolecular Hbond substituents is 1. The van der Waals surface area contributed by atoms with Crippen LogP contribution in [0.4, 0.5) is 25.2 Å². The standard InChI is InChI=1S/C52H87NO3.F6P/c1-7-9-11-13-15-17-19-21-23-25-27-29-31-33-35-37-48(54)51-47(46(6)53-44(4)41-43(3)42-45(53)5)39-40-50(56)52(51)49(55)38-36-34-32-30-28-26-24-22-20-18-16-14-12-10-8-2;1-7(2,3,4,5)6/h39-42,46H,7-38H2,1-6H3;/q;-1/p+1. The van der Waals surface area contributed by atoms with Crippen LogP contribution < -0.4 is 4.57 Å². The Hall–Kier alpha value is -2.48. The average Bonchev–Trinajstić information content (AvgIpc) is 3.18. The van der Waals surface area contributed by atoms with E-state index in [0.29, 0.717) is 18.4 Å². The first-order valence-electron chi connectivity index (χ1n) is 25.2. The van der Waals surface area contributed by atoms with Gasteiger partial charge in [0.1, 0.15) is 5.75 Å². The fraction of sp³-hybridized carbons (Fsp3) is 0.750. The van der Waals surface area contributed by atoms with Gasteiger partial charge < -0.3 is 5.11 Å². The molecule has 0 radical (unpaired) electrons. The monoisotopic (exact) mass is 920 g/mol. The molecule has 1 atom stereocenters. The molecule has 0 bridgehead atoms. The van der Waals surface area contributed by atoms with E-state index in [1.165, 1.54) is 160 Å². The molecule has 0 aliphatic heterocycles. The maximum atomic E-state index is 14.2. The Kier molecular flexibility index (Phi) is 28.5. The van der Waals surface area contributed by atoms with E-state index in [0.717, 1.165) is 55.5 Å². The number of hydrogen-bond acceptors (Lipinski definition) is 3. The zero-order valence-electron chi connectivity index (χ0n) is 40.4. The topological polar surface area (TPSA) is 58.2 Å². The minimum absolute atomic E-state index is 0.000282. The summed E-state index contributed by atoms with van der Waals surface area (Å²) in [4.78, 5) is 28.1. The third-order valence-electron chi connectivity index (χ3n) is 12.3. The van der Waals surface area contributed by atoms with Crippen LogP contribution in [0.15, 0.2) is 24.3 Å². The summed E-state index contributed by atoms with van der Waals surface area (Å²) in [5.74, 6) is -0.136. The van der Waals surface area contributed by atoms with E-state index in [9.17, 15) is 39.9 Å². The number of ketones is 2. The minimum atomic E-state index is -10.7. The molecule has 366 valence electrons. The summed E-state index contributed by atoms with van der Waals surface area (Å²) in [6.45, 7) is 13.0. The maximum absolute atomic E-state index is 14.2. The second-order valence-corrected chi connectivity index (χ2v) is 20.4. The quantitative estimate of drug-likeness (QED) is 0.0244. The Labute approximate surface area is 379 Å². The third kappa shape index (κ3) is 30.4. The van der Waals surface area contributed by atoms with Crippen molar-refractivity contribution in [2.45, 2.75) is 253 Å². The zero-order valence-corrected chi connectivity index (χ0v) is 41.3. The number of aromatic hydroxyl groups is 1. The van der Waals surface area contributed by atoms with Crippen molar-refractivity contribution in [1.29, 1.82) is 0 Å². The van der Waals surface area contributed by atoms with E-state index < -0.39 is 7.81 Å². The van der Waals surface area contributed by atoms with E-state index in [2.05, 4.69) is 58.2 Å². The van der Waals surface area contributed by atoms with Gasteiger partial charge in [0.2, 0.25) is 0 Å². The van der Waals surface area contributed by atoms with Crippen molar-refractivity contribution in [2.75, 3.05) is 0 Å². The van der Waals surface area contributed by atoms with Gasteiger partial charge >= 0.3 is 33.0 Å². The fourth-order valence-corrected chi connectivity index (χ4v) is 8.97. The number of hydrogen-bond donors (Lipinski definition) is 1. The number of aromatic nitrogens is 1. The summed E-state index contributed by atoms with van der Waals surface area (Å²) in [7, 11) is -10.7. The molecule has 2 aromatic rings. The van der Waals surface area contributed by atoms with Crippen LogP contribution in [0.2, 0.25) is 0 Å². The van der Waals surface area contributed by atoms with Crippen LogP contribution in [0, 0.1) is 20.8 Å². The molecule has 0 spiro atoms. The number of rotatable bonds is 36. The number of pyridine rings is 1. The van der Waals surface area contributed by atoms with Gasteiger partial charge in [-0.2, -0.15) is 4.57 Å². The van der Waals surface area contributed by atoms with Crippen molar-refractivity contribution < 1.29 is 44.4 Å². The Bertz CT molecular complexity index is 1550. The van der Waals surface area contributed by atoms with Gasteiger partial charge in [-0.3, -0.25) is 9.59 Å². The second kappa shape index (κ2) is 30.7. The van der Waals surface area contributed by atoms with Crippen molar-refractivity contribution >= 4 is 19.4 Å². The number of carbonyl (C=O) groups is 2. The first kappa shape index (κ1) is 58.5. The van der Waals surface area contributed by atoms with Crippen LogP contribution in [-0.4, -0.2) is 16.7 Å². The summed E-state index contributed by atoms with van der Waals surface area (Å²) >= 11 is 0. The molecule has 1 heterocycles. The summed E-state index contributed by atoms with van der Waals surface area (Å²) in [6.07, 6.45) is 39.2. The Morgan fingerprint density at radius 1 is 0.492 bits per heavy atom. The Morgan fingerprint density at radius 2 is 0.762 bits per heavy atom. The molecular formula is C52H88F6NO3P. The van der Waals surface area contributed by atoms with Gasteiger partial charge in [0, 0.05) is 56.9 Å². The van der Waals surface area contributed by atoms with Gasteiger partial charge in [0.15, 0.2) is 29.0 Å². The normalized spacial score (nSPS) is 13.3. The van der Waals surface area contributed by atoms with Gasteiger partial charge in [-0.1, -0.05) is 194 Å². The van der Waals surface area contributed by atoms with E-state index in [4.69, 9.17) is 0 Å². The Balaban J connectivity index is 0.00000260. The summed E-state index contributed by atoms with van der Waals surface area (Å²) < 4.78 is 61.5. The molecule has 0 amide bonds. The first-order chi connectivity index (χ1) is 29.7. The van der Waals surface area contributed by atoms with Crippen molar-refractivity contribution in [3.05, 3.63) is 57.9 Å². The molecule has 11 heteroatoms. The summed E-state index contributed by atoms with van der Waals surface area (Å²) in [5.41, 5.74) is 5.00. The SMILES string of the molecule is CCCCCCCCCCCCCCCCCC(=O)c1c(O)ccc(C(C)[n+]2c(C)cc(C)cc2C)c1C(=O)CCCCCCCCCCCCCCCCC.F[P-](F)(F)(F)(F)F. The molecule has 0 saturated carbocycles. The number of aryl methyl sites for hydroxylation is 3. The van der Waals surface area contributed by atoms with Crippen LogP contribution >= 0.6 is 7.81 Å². The van der Waals surface area contributed by atoms with Crippen molar-refractivity contribution in [3.8, 4) is 5.75 Å². The number of unbranched alkanes of at least 4 members (excludes halogenated alkanes) is 28. The van der Waals surface area contributed by atoms with E-state index in [1.54, 1.807) is 6.07 Å². The molecule has 1 aromatic heterocycles. The molecule has 4 nitrogen and oxygen atoms in total. The molecule has 0 aliphatic carbocycles. The van der Waals surface area contributed by atoms with Gasteiger partial charge in [-0.05, 0) is 37.5 Å². The number of halogens is 6. The molecule has 0 fully saturated rings. The van der Waals surface area contributed by atoms with Gasteiger partial charge in [-0.15, -0.1) is 0 Å². The molecule has 1 N–H and O–H groups in total. The zero-order chi connectivity index (χ0) is 47.2. The van der Waals surface area contributed by atoms with E-state index in [1.807, 2.05) is 6.07 Å². The molecule has 2 rings (SSSR count). The number of phenols is 1. The molecule has 0 saturated heterocycles. The third-order valence-corrected chi connectivity index (χ3v) is 12.3. The molecule has 63 heavy (non-hydrogen) atoms. The molecule has 1 aromatic carbocycles. The van der Waals surface area contributed by atoms with Gasteiger partial charge in [-0.25, -0.2) is 0 Å². The number of carbonyl (C=O) groups excluding carboxylic acids is 2. The van der Waals surface area contributed by atoms with Gasteiger partial charge in [0.05, 0.1) is 5.56 Å². The fourth-order valence-electron chi connectivity index (χ4n) is 8.97. The van der Waals surface area contributed by atoms with Crippen LogP contribution in [0.1, 0.15) is 276 Å². The molecular weight excluding hydrogens is 832 g/mol. The molecule has 0 aliphatic rings. The first-order valence-corrected chi connectivity index (χ1v) is 27.2.